The molecule has 0 heterocycles. The zero-order chi connectivity index (χ0) is 20.3. The lowest BCUT2D eigenvalue weighted by Gasteiger charge is -2.19. The van der Waals surface area contributed by atoms with E-state index in [9.17, 15) is 24.0 Å². The number of hydrogen-bond donors (Lipinski definition) is 4. The molecule has 0 aromatic rings. The first-order chi connectivity index (χ1) is 12.1. The van der Waals surface area contributed by atoms with E-state index in [-0.39, 0.29) is 13.1 Å². The second-order valence-electron chi connectivity index (χ2n) is 5.73. The summed E-state index contributed by atoms with van der Waals surface area (Å²) in [6, 6.07) is -1.65. The molecule has 0 aliphatic rings. The smallest absolute Gasteiger partial charge is 0.340 e. The SMILES string of the molecule is CC(C)OC(=O)C(NC(=O)CNC(=O)CNC(=O)CN)C(=O)OC(C)C. The van der Waals surface area contributed by atoms with E-state index in [1.807, 2.05) is 0 Å². The molecule has 0 spiro atoms. The van der Waals surface area contributed by atoms with Crippen LogP contribution in [0.2, 0.25) is 0 Å². The fourth-order valence-corrected chi connectivity index (χ4v) is 1.52. The van der Waals surface area contributed by atoms with Gasteiger partial charge < -0.3 is 31.2 Å². The summed E-state index contributed by atoms with van der Waals surface area (Å²) in [5, 5.41) is 6.58. The van der Waals surface area contributed by atoms with Gasteiger partial charge in [0.1, 0.15) is 0 Å². The first kappa shape index (κ1) is 23.3. The highest BCUT2D eigenvalue weighted by Gasteiger charge is 2.32. The molecule has 0 radical (unpaired) electrons. The minimum atomic E-state index is -1.65. The van der Waals surface area contributed by atoms with Gasteiger partial charge in [0.2, 0.25) is 23.8 Å². The van der Waals surface area contributed by atoms with E-state index in [0.717, 1.165) is 0 Å². The van der Waals surface area contributed by atoms with Crippen molar-refractivity contribution in [2.24, 2.45) is 5.73 Å². The molecular weight excluding hydrogens is 348 g/mol. The van der Waals surface area contributed by atoms with Crippen molar-refractivity contribution in [3.05, 3.63) is 0 Å². The van der Waals surface area contributed by atoms with Crippen molar-refractivity contribution < 1.29 is 33.4 Å². The van der Waals surface area contributed by atoms with Crippen LogP contribution in [0.1, 0.15) is 27.7 Å². The molecule has 0 atom stereocenters. The first-order valence-electron chi connectivity index (χ1n) is 8.00. The summed E-state index contributed by atoms with van der Waals surface area (Å²) in [5.74, 6) is -3.93. The quantitative estimate of drug-likeness (QED) is 0.242. The van der Waals surface area contributed by atoms with Crippen LogP contribution in [0.4, 0.5) is 0 Å². The molecule has 0 unspecified atom stereocenters. The van der Waals surface area contributed by atoms with Crippen molar-refractivity contribution in [3.8, 4) is 0 Å². The molecule has 0 rings (SSSR count). The highest BCUT2D eigenvalue weighted by molar-refractivity contribution is 6.03. The third kappa shape index (κ3) is 10.2. The average Bonchev–Trinajstić information content (AvgIpc) is 2.53. The zero-order valence-electron chi connectivity index (χ0n) is 15.3. The van der Waals surface area contributed by atoms with Crippen LogP contribution >= 0.6 is 0 Å². The van der Waals surface area contributed by atoms with Gasteiger partial charge in [0, 0.05) is 0 Å². The van der Waals surface area contributed by atoms with Crippen LogP contribution in [0.3, 0.4) is 0 Å². The molecule has 5 N–H and O–H groups in total. The molecule has 0 saturated carbocycles. The van der Waals surface area contributed by atoms with Gasteiger partial charge in [-0.1, -0.05) is 0 Å². The molecular formula is C15H26N4O7. The highest BCUT2D eigenvalue weighted by atomic mass is 16.6. The van der Waals surface area contributed by atoms with E-state index in [1.165, 1.54) is 0 Å². The molecule has 0 aromatic heterocycles. The summed E-state index contributed by atoms with van der Waals surface area (Å²) in [6.45, 7) is 5.18. The van der Waals surface area contributed by atoms with Gasteiger partial charge in [-0.25, -0.2) is 9.59 Å². The Kier molecular flexibility index (Phi) is 10.6. The number of nitrogens with two attached hydrogens (primary N) is 1. The minimum absolute atomic E-state index is 0.272. The zero-order valence-corrected chi connectivity index (χ0v) is 15.3. The van der Waals surface area contributed by atoms with Crippen LogP contribution in [-0.4, -0.2) is 67.5 Å². The van der Waals surface area contributed by atoms with Crippen molar-refractivity contribution in [2.45, 2.75) is 45.9 Å². The van der Waals surface area contributed by atoms with Gasteiger partial charge in [-0.3, -0.25) is 14.4 Å². The van der Waals surface area contributed by atoms with Crippen LogP contribution in [0, 0.1) is 0 Å². The Bertz CT molecular complexity index is 512. The van der Waals surface area contributed by atoms with Gasteiger partial charge >= 0.3 is 11.9 Å². The highest BCUT2D eigenvalue weighted by Crippen LogP contribution is 2.00. The van der Waals surface area contributed by atoms with Crippen LogP contribution in [0.5, 0.6) is 0 Å². The van der Waals surface area contributed by atoms with E-state index >= 15 is 0 Å². The Morgan fingerprint density at radius 3 is 1.62 bits per heavy atom. The second kappa shape index (κ2) is 11.8. The number of carbonyl (C=O) groups excluding carboxylic acids is 5. The summed E-state index contributed by atoms with van der Waals surface area (Å²) in [7, 11) is 0. The van der Waals surface area contributed by atoms with E-state index < -0.39 is 54.5 Å². The van der Waals surface area contributed by atoms with Crippen molar-refractivity contribution in [1.82, 2.24) is 16.0 Å². The molecule has 0 fully saturated rings. The number of nitrogens with one attached hydrogen (secondary N) is 3. The van der Waals surface area contributed by atoms with Crippen molar-refractivity contribution >= 4 is 29.7 Å². The fraction of sp³-hybridized carbons (Fsp3) is 0.667. The number of esters is 2. The summed E-state index contributed by atoms with van der Waals surface area (Å²) in [5.41, 5.74) is 5.07. The fourth-order valence-electron chi connectivity index (χ4n) is 1.52. The third-order valence-electron chi connectivity index (χ3n) is 2.56. The van der Waals surface area contributed by atoms with Crippen LogP contribution in [0.25, 0.3) is 0 Å². The summed E-state index contributed by atoms with van der Waals surface area (Å²) in [4.78, 5) is 58.2. The second-order valence-corrected chi connectivity index (χ2v) is 5.73. The predicted molar refractivity (Wildman–Crippen MR) is 89.5 cm³/mol. The maximum Gasteiger partial charge on any atom is 0.340 e. The maximum absolute atomic E-state index is 12.0. The largest absolute Gasteiger partial charge is 0.461 e. The minimum Gasteiger partial charge on any atom is -0.461 e. The molecule has 3 amide bonds. The molecule has 11 nitrogen and oxygen atoms in total. The molecule has 0 saturated heterocycles. The summed E-state index contributed by atoms with van der Waals surface area (Å²) >= 11 is 0. The van der Waals surface area contributed by atoms with Crippen molar-refractivity contribution in [2.75, 3.05) is 19.6 Å². The van der Waals surface area contributed by atoms with E-state index in [2.05, 4.69) is 16.0 Å². The number of carbonyl (C=O) groups is 5. The lowest BCUT2D eigenvalue weighted by atomic mass is 10.2. The Morgan fingerprint density at radius 2 is 1.19 bits per heavy atom. The number of amides is 3. The van der Waals surface area contributed by atoms with Crippen molar-refractivity contribution in [1.29, 1.82) is 0 Å². The van der Waals surface area contributed by atoms with Gasteiger partial charge in [0.15, 0.2) is 0 Å². The van der Waals surface area contributed by atoms with E-state index in [0.29, 0.717) is 0 Å². The first-order valence-corrected chi connectivity index (χ1v) is 8.00. The molecule has 0 aliphatic heterocycles. The predicted octanol–water partition coefficient (Wildman–Crippen LogP) is -2.43. The molecule has 11 heteroatoms. The number of rotatable bonds is 10. The number of hydrogen-bond acceptors (Lipinski definition) is 8. The van der Waals surface area contributed by atoms with Crippen LogP contribution in [0.15, 0.2) is 0 Å². The Balaban J connectivity index is 4.66. The average molecular weight is 374 g/mol. The van der Waals surface area contributed by atoms with Gasteiger partial charge in [0.05, 0.1) is 31.8 Å². The van der Waals surface area contributed by atoms with E-state index in [4.69, 9.17) is 15.2 Å². The molecule has 0 aromatic carbocycles. The Labute approximate surface area is 151 Å². The maximum atomic E-state index is 12.0. The van der Waals surface area contributed by atoms with Gasteiger partial charge in [-0.05, 0) is 27.7 Å². The molecule has 0 aliphatic carbocycles. The topological polar surface area (TPSA) is 166 Å². The van der Waals surface area contributed by atoms with E-state index in [1.54, 1.807) is 27.7 Å². The monoisotopic (exact) mass is 374 g/mol. The Morgan fingerprint density at radius 1 is 0.769 bits per heavy atom. The van der Waals surface area contributed by atoms with Crippen LogP contribution < -0.4 is 21.7 Å². The molecule has 148 valence electrons. The van der Waals surface area contributed by atoms with Gasteiger partial charge in [-0.15, -0.1) is 0 Å². The lowest BCUT2D eigenvalue weighted by molar-refractivity contribution is -0.164. The Hall–Kier alpha value is -2.69. The summed E-state index contributed by atoms with van der Waals surface area (Å²) in [6.07, 6.45) is -1.00. The normalized spacial score (nSPS) is 10.5. The summed E-state index contributed by atoms with van der Waals surface area (Å²) < 4.78 is 9.84. The molecule has 26 heavy (non-hydrogen) atoms. The van der Waals surface area contributed by atoms with Gasteiger partial charge in [0.25, 0.3) is 0 Å². The number of ether oxygens (including phenoxy) is 2. The molecule has 0 bridgehead atoms. The van der Waals surface area contributed by atoms with Crippen LogP contribution in [-0.2, 0) is 33.4 Å². The lowest BCUT2D eigenvalue weighted by Crippen LogP contribution is -2.52. The third-order valence-corrected chi connectivity index (χ3v) is 2.56. The van der Waals surface area contributed by atoms with Gasteiger partial charge in [-0.2, -0.15) is 0 Å². The standard InChI is InChI=1S/C15H26N4O7/c1-8(2)25-14(23)13(15(24)26-9(3)4)19-12(22)7-18-11(21)6-17-10(20)5-16/h8-9,13H,5-7,16H2,1-4H3,(H,17,20)(H,18,21)(H,19,22). The van der Waals surface area contributed by atoms with Crippen molar-refractivity contribution in [3.63, 3.8) is 0 Å².